The fraction of sp³-hybridized carbons (Fsp3) is 0.533. The first-order chi connectivity index (χ1) is 8.54. The quantitative estimate of drug-likeness (QED) is 0.870. The Hall–Kier alpha value is -1.51. The molecular formula is C15H22N2O. The highest BCUT2D eigenvalue weighted by atomic mass is 16.2. The van der Waals surface area contributed by atoms with Crippen LogP contribution in [0.3, 0.4) is 0 Å². The number of rotatable bonds is 2. The molecule has 0 saturated carbocycles. The van der Waals surface area contributed by atoms with Crippen molar-refractivity contribution in [3.8, 4) is 0 Å². The van der Waals surface area contributed by atoms with E-state index in [1.165, 1.54) is 16.8 Å². The van der Waals surface area contributed by atoms with Gasteiger partial charge in [-0.25, -0.2) is 0 Å². The van der Waals surface area contributed by atoms with Crippen LogP contribution in [0.1, 0.15) is 30.9 Å². The van der Waals surface area contributed by atoms with E-state index >= 15 is 0 Å². The second-order valence-corrected chi connectivity index (χ2v) is 5.30. The molecule has 0 aliphatic carbocycles. The number of carbonyl (C=O) groups excluding carboxylic acids is 1. The topological polar surface area (TPSA) is 32.3 Å². The van der Waals surface area contributed by atoms with Crippen LogP contribution in [-0.4, -0.2) is 29.9 Å². The van der Waals surface area contributed by atoms with Gasteiger partial charge in [-0.2, -0.15) is 0 Å². The summed E-state index contributed by atoms with van der Waals surface area (Å²) in [6.45, 7) is 7.64. The molecule has 0 radical (unpaired) electrons. The molecule has 1 heterocycles. The Kier molecular flexibility index (Phi) is 3.90. The predicted octanol–water partition coefficient (Wildman–Crippen LogP) is 2.73. The Balaban J connectivity index is 1.93. The van der Waals surface area contributed by atoms with Gasteiger partial charge in [-0.1, -0.05) is 6.07 Å². The molecule has 18 heavy (non-hydrogen) atoms. The Morgan fingerprint density at radius 1 is 1.17 bits per heavy atom. The van der Waals surface area contributed by atoms with Gasteiger partial charge in [0.15, 0.2) is 0 Å². The number of piperidine rings is 1. The standard InChI is InChI=1S/C15H22N2O/c1-11-8-12(2)10-15(9-11)16-14-4-6-17(7-5-14)13(3)18/h8-10,14,16H,4-7H2,1-3H3. The van der Waals surface area contributed by atoms with Crippen LogP contribution in [0.5, 0.6) is 0 Å². The number of nitrogens with one attached hydrogen (secondary N) is 1. The molecule has 1 aliphatic rings. The van der Waals surface area contributed by atoms with Gasteiger partial charge in [-0.15, -0.1) is 0 Å². The second kappa shape index (κ2) is 5.42. The van der Waals surface area contributed by atoms with Gasteiger partial charge in [0.1, 0.15) is 0 Å². The maximum Gasteiger partial charge on any atom is 0.219 e. The van der Waals surface area contributed by atoms with Crippen LogP contribution in [0.4, 0.5) is 5.69 Å². The average molecular weight is 246 g/mol. The molecular weight excluding hydrogens is 224 g/mol. The lowest BCUT2D eigenvalue weighted by Gasteiger charge is -2.32. The van der Waals surface area contributed by atoms with Crippen molar-refractivity contribution in [1.82, 2.24) is 4.90 Å². The molecule has 1 aromatic rings. The third-order valence-corrected chi connectivity index (χ3v) is 3.53. The zero-order valence-electron chi connectivity index (χ0n) is 11.5. The first-order valence-electron chi connectivity index (χ1n) is 6.65. The van der Waals surface area contributed by atoms with E-state index in [2.05, 4.69) is 37.4 Å². The molecule has 1 amide bonds. The minimum atomic E-state index is 0.194. The highest BCUT2D eigenvalue weighted by molar-refractivity contribution is 5.73. The Morgan fingerprint density at radius 2 is 1.72 bits per heavy atom. The highest BCUT2D eigenvalue weighted by Crippen LogP contribution is 2.19. The van der Waals surface area contributed by atoms with Crippen LogP contribution >= 0.6 is 0 Å². The van der Waals surface area contributed by atoms with Gasteiger partial charge in [-0.3, -0.25) is 4.79 Å². The first kappa shape index (κ1) is 12.9. The van der Waals surface area contributed by atoms with Gasteiger partial charge in [0, 0.05) is 31.7 Å². The van der Waals surface area contributed by atoms with E-state index < -0.39 is 0 Å². The maximum atomic E-state index is 11.3. The molecule has 0 spiro atoms. The molecule has 0 unspecified atom stereocenters. The van der Waals surface area contributed by atoms with Gasteiger partial charge >= 0.3 is 0 Å². The number of aryl methyl sites for hydroxylation is 2. The van der Waals surface area contributed by atoms with Crippen molar-refractivity contribution in [2.45, 2.75) is 39.7 Å². The lowest BCUT2D eigenvalue weighted by atomic mass is 10.0. The van der Waals surface area contributed by atoms with Crippen LogP contribution in [-0.2, 0) is 4.79 Å². The zero-order valence-corrected chi connectivity index (χ0v) is 11.5. The number of hydrogen-bond donors (Lipinski definition) is 1. The molecule has 3 nitrogen and oxygen atoms in total. The van der Waals surface area contributed by atoms with Crippen molar-refractivity contribution >= 4 is 11.6 Å². The molecule has 0 aromatic heterocycles. The maximum absolute atomic E-state index is 11.3. The summed E-state index contributed by atoms with van der Waals surface area (Å²) in [5.74, 6) is 0.194. The SMILES string of the molecule is CC(=O)N1CCC(Nc2cc(C)cc(C)c2)CC1. The third kappa shape index (κ3) is 3.25. The summed E-state index contributed by atoms with van der Waals surface area (Å²) in [5.41, 5.74) is 3.78. The van der Waals surface area contributed by atoms with Crippen molar-refractivity contribution < 1.29 is 4.79 Å². The van der Waals surface area contributed by atoms with E-state index in [1.807, 2.05) is 4.90 Å². The number of hydrogen-bond acceptors (Lipinski definition) is 2. The molecule has 1 N–H and O–H groups in total. The number of likely N-dealkylation sites (tertiary alicyclic amines) is 1. The molecule has 1 saturated heterocycles. The Labute approximate surface area is 109 Å². The second-order valence-electron chi connectivity index (χ2n) is 5.30. The summed E-state index contributed by atoms with van der Waals surface area (Å²) in [6, 6.07) is 7.04. The van der Waals surface area contributed by atoms with E-state index in [4.69, 9.17) is 0 Å². The van der Waals surface area contributed by atoms with E-state index in [9.17, 15) is 4.79 Å². The largest absolute Gasteiger partial charge is 0.382 e. The monoisotopic (exact) mass is 246 g/mol. The van der Waals surface area contributed by atoms with Crippen LogP contribution in [0.2, 0.25) is 0 Å². The summed E-state index contributed by atoms with van der Waals surface area (Å²) in [6.07, 6.45) is 2.07. The lowest BCUT2D eigenvalue weighted by Crippen LogP contribution is -2.41. The average Bonchev–Trinajstić information content (AvgIpc) is 2.28. The van der Waals surface area contributed by atoms with Crippen molar-refractivity contribution in [2.24, 2.45) is 0 Å². The van der Waals surface area contributed by atoms with E-state index in [0.717, 1.165) is 25.9 Å². The number of anilines is 1. The smallest absolute Gasteiger partial charge is 0.219 e. The van der Waals surface area contributed by atoms with Crippen molar-refractivity contribution in [2.75, 3.05) is 18.4 Å². The fourth-order valence-corrected chi connectivity index (χ4v) is 2.63. The van der Waals surface area contributed by atoms with Gasteiger partial charge in [0.05, 0.1) is 0 Å². The van der Waals surface area contributed by atoms with Crippen molar-refractivity contribution in [3.05, 3.63) is 29.3 Å². The van der Waals surface area contributed by atoms with Gasteiger partial charge in [-0.05, 0) is 49.9 Å². The first-order valence-corrected chi connectivity index (χ1v) is 6.65. The number of benzene rings is 1. The van der Waals surface area contributed by atoms with E-state index in [0.29, 0.717) is 6.04 Å². The molecule has 0 atom stereocenters. The number of nitrogens with zero attached hydrogens (tertiary/aromatic N) is 1. The summed E-state index contributed by atoms with van der Waals surface area (Å²) in [4.78, 5) is 13.2. The molecule has 0 bridgehead atoms. The van der Waals surface area contributed by atoms with Gasteiger partial charge in [0.2, 0.25) is 5.91 Å². The van der Waals surface area contributed by atoms with Crippen LogP contribution in [0, 0.1) is 13.8 Å². The molecule has 3 heteroatoms. The minimum absolute atomic E-state index is 0.194. The third-order valence-electron chi connectivity index (χ3n) is 3.53. The van der Waals surface area contributed by atoms with Crippen molar-refractivity contribution in [3.63, 3.8) is 0 Å². The lowest BCUT2D eigenvalue weighted by molar-refractivity contribution is -0.129. The van der Waals surface area contributed by atoms with E-state index in [-0.39, 0.29) is 5.91 Å². The molecule has 1 fully saturated rings. The Morgan fingerprint density at radius 3 is 2.22 bits per heavy atom. The van der Waals surface area contributed by atoms with Crippen LogP contribution in [0.15, 0.2) is 18.2 Å². The molecule has 2 rings (SSSR count). The van der Waals surface area contributed by atoms with Gasteiger partial charge < -0.3 is 10.2 Å². The molecule has 1 aromatic carbocycles. The fourth-order valence-electron chi connectivity index (χ4n) is 2.63. The summed E-state index contributed by atoms with van der Waals surface area (Å²) < 4.78 is 0. The number of amides is 1. The summed E-state index contributed by atoms with van der Waals surface area (Å²) in [7, 11) is 0. The van der Waals surface area contributed by atoms with Crippen LogP contribution < -0.4 is 5.32 Å². The molecule has 1 aliphatic heterocycles. The van der Waals surface area contributed by atoms with Crippen LogP contribution in [0.25, 0.3) is 0 Å². The van der Waals surface area contributed by atoms with Gasteiger partial charge in [0.25, 0.3) is 0 Å². The zero-order chi connectivity index (χ0) is 13.1. The summed E-state index contributed by atoms with van der Waals surface area (Å²) in [5, 5.41) is 3.58. The van der Waals surface area contributed by atoms with Crippen molar-refractivity contribution in [1.29, 1.82) is 0 Å². The number of carbonyl (C=O) groups is 1. The Bertz CT molecular complexity index is 414. The van der Waals surface area contributed by atoms with E-state index in [1.54, 1.807) is 6.92 Å². The highest BCUT2D eigenvalue weighted by Gasteiger charge is 2.20. The minimum Gasteiger partial charge on any atom is -0.382 e. The predicted molar refractivity (Wildman–Crippen MR) is 74.8 cm³/mol. The molecule has 98 valence electrons. The normalized spacial score (nSPS) is 16.7. The summed E-state index contributed by atoms with van der Waals surface area (Å²) >= 11 is 0.